The molecule has 0 amide bonds. The van der Waals surface area contributed by atoms with Crippen molar-refractivity contribution in [1.29, 1.82) is 0 Å². The van der Waals surface area contributed by atoms with Crippen molar-refractivity contribution in [2.24, 2.45) is 0 Å². The molecule has 0 aliphatic heterocycles. The smallest absolute Gasteiger partial charge is 0.263 e. The summed E-state index contributed by atoms with van der Waals surface area (Å²) in [6, 6.07) is 3.84. The van der Waals surface area contributed by atoms with Crippen LogP contribution in [-0.4, -0.2) is 16.6 Å². The van der Waals surface area contributed by atoms with E-state index in [4.69, 9.17) is 11.6 Å². The Kier molecular flexibility index (Phi) is 2.89. The summed E-state index contributed by atoms with van der Waals surface area (Å²) in [6.07, 6.45) is 0. The van der Waals surface area contributed by atoms with Gasteiger partial charge in [0.1, 0.15) is 5.82 Å². The lowest BCUT2D eigenvalue weighted by Crippen LogP contribution is -2.27. The Balaban J connectivity index is 2.80. The van der Waals surface area contributed by atoms with Gasteiger partial charge in [-0.15, -0.1) is 0 Å². The Bertz CT molecular complexity index is 596. The van der Waals surface area contributed by atoms with Crippen molar-refractivity contribution in [3.8, 4) is 0 Å². The second-order valence-electron chi connectivity index (χ2n) is 3.29. The van der Waals surface area contributed by atoms with E-state index < -0.39 is 5.82 Å². The zero-order valence-electron chi connectivity index (χ0n) is 8.50. The van der Waals surface area contributed by atoms with Gasteiger partial charge in [-0.05, 0) is 36.8 Å². The Morgan fingerprint density at radius 2 is 2.31 bits per heavy atom. The lowest BCUT2D eigenvalue weighted by Gasteiger charge is -2.08. The summed E-state index contributed by atoms with van der Waals surface area (Å²) in [5.74, 6) is -0.468. The minimum absolute atomic E-state index is 0.0819. The van der Waals surface area contributed by atoms with Crippen LogP contribution in [0.15, 0.2) is 23.0 Å². The number of hydrogen-bond acceptors (Lipinski definition) is 3. The molecule has 2 aromatic rings. The minimum atomic E-state index is -0.468. The van der Waals surface area contributed by atoms with Gasteiger partial charge in [0, 0.05) is 0 Å². The van der Waals surface area contributed by atoms with Crippen LogP contribution < -0.4 is 10.9 Å². The second kappa shape index (κ2) is 4.19. The fourth-order valence-corrected chi connectivity index (χ4v) is 1.69. The first-order valence-corrected chi connectivity index (χ1v) is 5.01. The van der Waals surface area contributed by atoms with E-state index in [0.29, 0.717) is 5.52 Å². The topological polar surface area (TPSA) is 46.9 Å². The van der Waals surface area contributed by atoms with E-state index >= 15 is 0 Å². The number of benzene rings is 1. The Hall–Kier alpha value is -1.46. The number of nitrogens with one attached hydrogen (secondary N) is 1. The van der Waals surface area contributed by atoms with Crippen LogP contribution in [0.4, 0.5) is 4.39 Å². The molecule has 6 heteroatoms. The summed E-state index contributed by atoms with van der Waals surface area (Å²) in [7, 11) is 1.68. The quantitative estimate of drug-likeness (QED) is 0.808. The average molecular weight is 242 g/mol. The number of halogens is 2. The van der Waals surface area contributed by atoms with Gasteiger partial charge in [0.15, 0.2) is 0 Å². The van der Waals surface area contributed by atoms with E-state index in [1.165, 1.54) is 16.7 Å². The molecule has 1 heterocycles. The third-order valence-corrected chi connectivity index (χ3v) is 2.47. The maximum absolute atomic E-state index is 13.0. The first kappa shape index (κ1) is 11.0. The van der Waals surface area contributed by atoms with Crippen LogP contribution in [0.5, 0.6) is 0 Å². The normalized spacial score (nSPS) is 10.9. The summed E-state index contributed by atoms with van der Waals surface area (Å²) >= 11 is 5.85. The molecule has 0 atom stereocenters. The predicted molar refractivity (Wildman–Crippen MR) is 60.0 cm³/mol. The molecule has 1 aromatic carbocycles. The van der Waals surface area contributed by atoms with Crippen LogP contribution >= 0.6 is 11.6 Å². The summed E-state index contributed by atoms with van der Waals surface area (Å²) in [5.41, 5.74) is 0.0348. The number of hydrogen-bond donors (Lipinski definition) is 1. The molecule has 0 saturated heterocycles. The standard InChI is InChI=1S/C10H9ClFN3O/c1-13-5-15-9(16)7-4-6(12)2-3-8(7)14-10(15)11/h2-4,13H,5H2,1H3. The van der Waals surface area contributed by atoms with Gasteiger partial charge in [0.25, 0.3) is 5.56 Å². The van der Waals surface area contributed by atoms with Crippen molar-refractivity contribution in [3.05, 3.63) is 39.7 Å². The fraction of sp³-hybridized carbons (Fsp3) is 0.200. The highest BCUT2D eigenvalue weighted by molar-refractivity contribution is 6.28. The van der Waals surface area contributed by atoms with E-state index in [1.54, 1.807) is 7.05 Å². The van der Waals surface area contributed by atoms with E-state index in [1.807, 2.05) is 0 Å². The lowest BCUT2D eigenvalue weighted by atomic mass is 10.2. The highest BCUT2D eigenvalue weighted by Crippen LogP contribution is 2.12. The lowest BCUT2D eigenvalue weighted by molar-refractivity contribution is 0.593. The van der Waals surface area contributed by atoms with Gasteiger partial charge >= 0.3 is 0 Å². The molecule has 1 aromatic heterocycles. The van der Waals surface area contributed by atoms with E-state index in [2.05, 4.69) is 10.3 Å². The number of aromatic nitrogens is 2. The van der Waals surface area contributed by atoms with Gasteiger partial charge in [-0.3, -0.25) is 9.36 Å². The van der Waals surface area contributed by atoms with Crippen molar-refractivity contribution in [2.75, 3.05) is 7.05 Å². The number of rotatable bonds is 2. The molecule has 84 valence electrons. The van der Waals surface area contributed by atoms with Gasteiger partial charge < -0.3 is 5.32 Å². The molecule has 2 rings (SSSR count). The first-order chi connectivity index (χ1) is 7.63. The predicted octanol–water partition coefficient (Wildman–Crippen LogP) is 1.37. The molecule has 0 unspecified atom stereocenters. The SMILES string of the molecule is CNCn1c(Cl)nc2ccc(F)cc2c1=O. The molecular weight excluding hydrogens is 233 g/mol. The number of fused-ring (bicyclic) bond motifs is 1. The average Bonchev–Trinajstić information content (AvgIpc) is 2.26. The van der Waals surface area contributed by atoms with Crippen molar-refractivity contribution in [3.63, 3.8) is 0 Å². The highest BCUT2D eigenvalue weighted by atomic mass is 35.5. The fourth-order valence-electron chi connectivity index (χ4n) is 1.46. The van der Waals surface area contributed by atoms with Gasteiger partial charge in [0.2, 0.25) is 5.28 Å². The molecule has 0 aliphatic rings. The van der Waals surface area contributed by atoms with Crippen LogP contribution in [0.2, 0.25) is 5.28 Å². The Morgan fingerprint density at radius 1 is 1.56 bits per heavy atom. The van der Waals surface area contributed by atoms with Crippen LogP contribution in [0.1, 0.15) is 0 Å². The third-order valence-electron chi connectivity index (χ3n) is 2.19. The molecule has 0 aliphatic carbocycles. The molecule has 0 radical (unpaired) electrons. The summed E-state index contributed by atoms with van der Waals surface area (Å²) in [6.45, 7) is 0.233. The molecule has 4 nitrogen and oxygen atoms in total. The molecule has 1 N–H and O–H groups in total. The van der Waals surface area contributed by atoms with E-state index in [-0.39, 0.29) is 22.9 Å². The largest absolute Gasteiger partial charge is 0.302 e. The molecule has 0 bridgehead atoms. The molecule has 16 heavy (non-hydrogen) atoms. The summed E-state index contributed by atoms with van der Waals surface area (Å²) < 4.78 is 14.2. The van der Waals surface area contributed by atoms with Gasteiger partial charge in [-0.1, -0.05) is 0 Å². The van der Waals surface area contributed by atoms with Crippen LogP contribution in [0.3, 0.4) is 0 Å². The molecule has 0 fully saturated rings. The van der Waals surface area contributed by atoms with E-state index in [0.717, 1.165) is 6.07 Å². The minimum Gasteiger partial charge on any atom is -0.302 e. The van der Waals surface area contributed by atoms with E-state index in [9.17, 15) is 9.18 Å². The Labute approximate surface area is 95.7 Å². The summed E-state index contributed by atoms with van der Waals surface area (Å²) in [5, 5.41) is 3.09. The zero-order chi connectivity index (χ0) is 11.7. The summed E-state index contributed by atoms with van der Waals surface area (Å²) in [4.78, 5) is 15.9. The monoisotopic (exact) mass is 241 g/mol. The van der Waals surface area contributed by atoms with Crippen molar-refractivity contribution >= 4 is 22.5 Å². The maximum Gasteiger partial charge on any atom is 0.263 e. The second-order valence-corrected chi connectivity index (χ2v) is 3.63. The van der Waals surface area contributed by atoms with Gasteiger partial charge in [0.05, 0.1) is 17.6 Å². The maximum atomic E-state index is 13.0. The van der Waals surface area contributed by atoms with Gasteiger partial charge in [-0.25, -0.2) is 9.37 Å². The van der Waals surface area contributed by atoms with Crippen molar-refractivity contribution in [1.82, 2.24) is 14.9 Å². The van der Waals surface area contributed by atoms with Crippen molar-refractivity contribution in [2.45, 2.75) is 6.67 Å². The van der Waals surface area contributed by atoms with Gasteiger partial charge in [-0.2, -0.15) is 0 Å². The molecule has 0 saturated carbocycles. The third kappa shape index (κ3) is 1.79. The first-order valence-electron chi connectivity index (χ1n) is 4.63. The Morgan fingerprint density at radius 3 is 3.00 bits per heavy atom. The molecular formula is C10H9ClFN3O. The number of nitrogens with zero attached hydrogens (tertiary/aromatic N) is 2. The highest BCUT2D eigenvalue weighted by Gasteiger charge is 2.09. The molecule has 0 spiro atoms. The van der Waals surface area contributed by atoms with Crippen LogP contribution in [0, 0.1) is 5.82 Å². The van der Waals surface area contributed by atoms with Crippen molar-refractivity contribution < 1.29 is 4.39 Å². The van der Waals surface area contributed by atoms with Crippen LogP contribution in [-0.2, 0) is 6.67 Å². The van der Waals surface area contributed by atoms with Crippen LogP contribution in [0.25, 0.3) is 10.9 Å². The zero-order valence-corrected chi connectivity index (χ0v) is 9.25.